The Kier molecular flexibility index (Phi) is 25.2. The first kappa shape index (κ1) is 76.0. The Bertz CT molecular complexity index is 5070. The first-order valence-corrected chi connectivity index (χ1v) is 40.5. The summed E-state index contributed by atoms with van der Waals surface area (Å²) < 4.78 is 35.9. The van der Waals surface area contributed by atoms with Gasteiger partial charge < -0.3 is 28.4 Å². The molecule has 2 saturated carbocycles. The first-order chi connectivity index (χ1) is 53.1. The smallest absolute Gasteiger partial charge is 0.344 e. The number of carbonyl (C=O) groups excluding carboxylic acids is 6. The summed E-state index contributed by atoms with van der Waals surface area (Å²) in [6, 6.07) is 90.3. The van der Waals surface area contributed by atoms with Crippen molar-refractivity contribution < 1.29 is 57.2 Å². The van der Waals surface area contributed by atoms with Crippen molar-refractivity contribution in [1.82, 2.24) is 0 Å². The second-order valence-corrected chi connectivity index (χ2v) is 33.5. The average Bonchev–Trinajstić information content (AvgIpc) is 0.784. The minimum Gasteiger partial charge on any atom is -0.462 e. The van der Waals surface area contributed by atoms with Crippen molar-refractivity contribution in [2.24, 2.45) is 11.8 Å². The fourth-order valence-electron chi connectivity index (χ4n) is 14.3. The lowest BCUT2D eigenvalue weighted by atomic mass is 9.65. The number of hydrogen-bond acceptors (Lipinski definition) is 12. The van der Waals surface area contributed by atoms with Gasteiger partial charge in [-0.1, -0.05) is 147 Å². The van der Waals surface area contributed by atoms with Crippen LogP contribution in [0.1, 0.15) is 113 Å². The van der Waals surface area contributed by atoms with Crippen molar-refractivity contribution in [2.45, 2.75) is 141 Å². The highest BCUT2D eigenvalue weighted by Crippen LogP contribution is 2.49. The zero-order chi connectivity index (χ0) is 75.6. The van der Waals surface area contributed by atoms with Gasteiger partial charge in [-0.2, -0.15) is 0 Å². The summed E-state index contributed by atoms with van der Waals surface area (Å²) in [5.74, 6) is -0.416. The standard InChI is InChI=1S/C94H85O12S3/c1-65(2)90(97)105-85-56-55-84(82-38-19-20-39-83(82)85)93(100)104-74-47-53-81(54-48-74)109(78-36-15-8-16-37-78)86-40-21-17-28-70(86)60-66(3)91(98)101-59-24-23-42-88(95)102-72-45-51-80(52-46-72)108(77-34-13-7-14-35-77)87-41-22-18-29-71(87)61-67(4)92(99)106-94(63-68-26-25-27-69(62-68)64-94)58-57-89(96)103-73-43-49-79(50-44-73)107(75-30-9-5-10-31-75)76-32-11-6-12-33-76/h5-22,28-41,43-56,60-61,68-69H,1,23-27,42,57-59,62-64H2,2-4H3/q+3/b66-60-,67-61+. The summed E-state index contributed by atoms with van der Waals surface area (Å²) in [7, 11) is -1.66. The van der Waals surface area contributed by atoms with Gasteiger partial charge in [-0.3, -0.25) is 9.59 Å². The molecule has 0 aliphatic heterocycles. The lowest BCUT2D eigenvalue weighted by Gasteiger charge is -2.46. The lowest BCUT2D eigenvalue weighted by Crippen LogP contribution is -2.45. The van der Waals surface area contributed by atoms with E-state index in [2.05, 4.69) is 85.4 Å². The van der Waals surface area contributed by atoms with E-state index in [9.17, 15) is 28.8 Å². The molecule has 0 N–H and O–H groups in total. The van der Waals surface area contributed by atoms with Crippen LogP contribution in [0, 0.1) is 11.8 Å². The monoisotopic (exact) mass is 1500 g/mol. The van der Waals surface area contributed by atoms with E-state index in [0.29, 0.717) is 94.4 Å². The highest BCUT2D eigenvalue weighted by Gasteiger charge is 2.46. The van der Waals surface area contributed by atoms with Crippen LogP contribution in [-0.4, -0.2) is 48.0 Å². The molecule has 2 bridgehead atoms. The van der Waals surface area contributed by atoms with E-state index in [1.165, 1.54) is 9.79 Å². The molecule has 13 rings (SSSR count). The molecule has 0 aromatic heterocycles. The average molecular weight is 1500 g/mol. The summed E-state index contributed by atoms with van der Waals surface area (Å²) in [5.41, 5.74) is 2.31. The van der Waals surface area contributed by atoms with E-state index in [0.717, 1.165) is 71.1 Å². The van der Waals surface area contributed by atoms with Crippen LogP contribution in [0.4, 0.5) is 0 Å². The van der Waals surface area contributed by atoms with Crippen LogP contribution in [0.2, 0.25) is 0 Å². The van der Waals surface area contributed by atoms with E-state index < -0.39 is 57.2 Å². The molecule has 0 saturated heterocycles. The molecule has 2 aliphatic rings. The Morgan fingerprint density at radius 3 is 1.32 bits per heavy atom. The SMILES string of the molecule is C=C(C)C(=O)Oc1ccc(C(=O)Oc2ccc([S+](c3ccccc3)c3ccccc3/C=C(/C)C(=O)OCCCCC(=O)Oc3ccc([S+](c4ccccc4)c4ccccc4/C=C(\C)C(=O)OC4(CCC(=O)Oc5ccc([S+](c6ccccc6)c6ccccc6)cc5)CC5CCCC(C5)C4)cc3)cc2)c2ccccc12. The third-order valence-corrected chi connectivity index (χ3v) is 26.2. The Labute approximate surface area is 645 Å². The molecule has 4 atom stereocenters. The quantitative estimate of drug-likeness (QED) is 0.0150. The Morgan fingerprint density at radius 2 is 0.826 bits per heavy atom. The topological polar surface area (TPSA) is 158 Å². The van der Waals surface area contributed by atoms with Gasteiger partial charge in [-0.15, -0.1) is 0 Å². The number of ether oxygens (including phenoxy) is 6. The van der Waals surface area contributed by atoms with Crippen LogP contribution in [0.15, 0.2) is 346 Å². The molecule has 15 heteroatoms. The van der Waals surface area contributed by atoms with Gasteiger partial charge in [0.15, 0.2) is 44.1 Å². The van der Waals surface area contributed by atoms with Crippen molar-refractivity contribution in [1.29, 1.82) is 0 Å². The molecule has 109 heavy (non-hydrogen) atoms. The van der Waals surface area contributed by atoms with Gasteiger partial charge in [0.05, 0.1) is 44.9 Å². The minimum absolute atomic E-state index is 0.106. The van der Waals surface area contributed by atoms with Gasteiger partial charge in [0.2, 0.25) is 0 Å². The molecule has 4 unspecified atom stereocenters. The number of benzene rings is 11. The summed E-state index contributed by atoms with van der Waals surface area (Å²) in [6.45, 7) is 8.89. The molecule has 12 nitrogen and oxygen atoms in total. The second-order valence-electron chi connectivity index (χ2n) is 27.5. The molecule has 548 valence electrons. The number of hydrogen-bond donors (Lipinski definition) is 0. The molecular weight excluding hydrogens is 1420 g/mol. The molecule has 0 spiro atoms. The van der Waals surface area contributed by atoms with Gasteiger partial charge in [0.25, 0.3) is 0 Å². The van der Waals surface area contributed by atoms with Crippen LogP contribution < -0.4 is 18.9 Å². The molecule has 11 aromatic rings. The van der Waals surface area contributed by atoms with Crippen molar-refractivity contribution in [2.75, 3.05) is 6.61 Å². The van der Waals surface area contributed by atoms with E-state index in [1.807, 2.05) is 171 Å². The van der Waals surface area contributed by atoms with Gasteiger partial charge in [0.1, 0.15) is 28.6 Å². The number of fused-ring (bicyclic) bond motifs is 3. The number of carbonyl (C=O) groups is 6. The van der Waals surface area contributed by atoms with E-state index >= 15 is 0 Å². The largest absolute Gasteiger partial charge is 0.462 e. The normalized spacial score (nSPS) is 16.1. The predicted molar refractivity (Wildman–Crippen MR) is 430 cm³/mol. The molecule has 0 heterocycles. The Hall–Kier alpha value is -11.2. The number of rotatable bonds is 28. The van der Waals surface area contributed by atoms with Crippen LogP contribution in [0.3, 0.4) is 0 Å². The summed E-state index contributed by atoms with van der Waals surface area (Å²) >= 11 is 0. The third kappa shape index (κ3) is 19.4. The molecule has 0 amide bonds. The molecule has 11 aromatic carbocycles. The molecule has 2 fully saturated rings. The van der Waals surface area contributed by atoms with Crippen molar-refractivity contribution >= 4 is 91.4 Å². The van der Waals surface area contributed by atoms with Crippen LogP contribution in [0.25, 0.3) is 22.9 Å². The molecule has 0 radical (unpaired) electrons. The van der Waals surface area contributed by atoms with E-state index in [-0.39, 0.29) is 41.9 Å². The van der Waals surface area contributed by atoms with Crippen molar-refractivity contribution in [3.05, 3.63) is 319 Å². The van der Waals surface area contributed by atoms with Gasteiger partial charge in [0, 0.05) is 46.1 Å². The summed E-state index contributed by atoms with van der Waals surface area (Å²) in [4.78, 5) is 91.1. The van der Waals surface area contributed by atoms with Crippen molar-refractivity contribution in [3.63, 3.8) is 0 Å². The number of esters is 6. The lowest BCUT2D eigenvalue weighted by molar-refractivity contribution is -0.167. The predicted octanol–water partition coefficient (Wildman–Crippen LogP) is 21.2. The van der Waals surface area contributed by atoms with Gasteiger partial charge in [-0.25, -0.2) is 19.2 Å². The maximum Gasteiger partial charge on any atom is 0.344 e. The van der Waals surface area contributed by atoms with Gasteiger partial charge in [-0.05, 0) is 246 Å². The zero-order valence-electron chi connectivity index (χ0n) is 61.2. The Balaban J connectivity index is 0.615. The summed E-state index contributed by atoms with van der Waals surface area (Å²) in [5, 5.41) is 1.15. The third-order valence-electron chi connectivity index (χ3n) is 19.4. The maximum absolute atomic E-state index is 14.6. The van der Waals surface area contributed by atoms with Crippen LogP contribution in [-0.2, 0) is 66.1 Å². The molecule has 2 aliphatic carbocycles. The fraction of sp³-hybridized carbons (Fsp3) is 0.191. The second kappa shape index (κ2) is 36.1. The fourth-order valence-corrected chi connectivity index (χ4v) is 20.7. The molecular formula is C94H85O12S3+3. The maximum atomic E-state index is 14.6. The van der Waals surface area contributed by atoms with Crippen LogP contribution in [0.5, 0.6) is 23.0 Å². The van der Waals surface area contributed by atoms with Crippen LogP contribution >= 0.6 is 0 Å². The zero-order valence-corrected chi connectivity index (χ0v) is 63.6. The first-order valence-electron chi connectivity index (χ1n) is 36.8. The van der Waals surface area contributed by atoms with E-state index in [4.69, 9.17) is 28.4 Å². The highest BCUT2D eigenvalue weighted by molar-refractivity contribution is 7.97. The Morgan fingerprint density at radius 1 is 0.413 bits per heavy atom. The number of unbranched alkanes of at least 4 members (excludes halogenated alkanes) is 1. The van der Waals surface area contributed by atoms with Gasteiger partial charge >= 0.3 is 35.8 Å². The van der Waals surface area contributed by atoms with Crippen molar-refractivity contribution in [3.8, 4) is 23.0 Å². The summed E-state index contributed by atoms with van der Waals surface area (Å²) in [6.07, 6.45) is 11.1. The highest BCUT2D eigenvalue weighted by atomic mass is 32.2. The van der Waals surface area contributed by atoms with E-state index in [1.54, 1.807) is 62.4 Å². The minimum atomic E-state index is -0.813.